The van der Waals surface area contributed by atoms with E-state index in [1.54, 1.807) is 6.07 Å². The molecule has 3 aliphatic heterocycles. The van der Waals surface area contributed by atoms with Gasteiger partial charge in [-0.15, -0.1) is 0 Å². The topological polar surface area (TPSA) is 45.9 Å². The molecule has 1 aliphatic carbocycles. The highest BCUT2D eigenvalue weighted by Gasteiger charge is 2.34. The summed E-state index contributed by atoms with van der Waals surface area (Å²) in [5.74, 6) is -0.277. The SMILES string of the molecule is Cn1c2c(c3cc(F)cnc31)CN(C1=CC3N=C(N4CCOCC4)SC3C=C1)CC2. The summed E-state index contributed by atoms with van der Waals surface area (Å²) >= 11 is 1.86. The molecule has 156 valence electrons. The van der Waals surface area contributed by atoms with Crippen molar-refractivity contribution in [2.24, 2.45) is 12.0 Å². The fourth-order valence-corrected chi connectivity index (χ4v) is 6.08. The van der Waals surface area contributed by atoms with Crippen LogP contribution in [0.4, 0.5) is 4.39 Å². The number of thioether (sulfide) groups is 1. The Hall–Kier alpha value is -2.32. The Morgan fingerprint density at radius 3 is 2.93 bits per heavy atom. The number of morpholine rings is 1. The number of hydrogen-bond donors (Lipinski definition) is 0. The average Bonchev–Trinajstić information content (AvgIpc) is 3.33. The summed E-state index contributed by atoms with van der Waals surface area (Å²) < 4.78 is 21.5. The van der Waals surface area contributed by atoms with Crippen LogP contribution in [0.2, 0.25) is 0 Å². The second-order valence-corrected chi connectivity index (χ2v) is 9.36. The Morgan fingerprint density at radius 1 is 1.20 bits per heavy atom. The molecule has 4 aliphatic rings. The van der Waals surface area contributed by atoms with Gasteiger partial charge in [-0.3, -0.25) is 4.99 Å². The van der Waals surface area contributed by atoms with E-state index in [2.05, 4.69) is 37.6 Å². The first-order valence-electron chi connectivity index (χ1n) is 10.5. The predicted octanol–water partition coefficient (Wildman–Crippen LogP) is 2.70. The lowest BCUT2D eigenvalue weighted by Crippen LogP contribution is -2.39. The molecule has 0 saturated carbocycles. The van der Waals surface area contributed by atoms with Gasteiger partial charge >= 0.3 is 0 Å². The van der Waals surface area contributed by atoms with Crippen LogP contribution < -0.4 is 0 Å². The second-order valence-electron chi connectivity index (χ2n) is 8.22. The zero-order valence-corrected chi connectivity index (χ0v) is 17.7. The monoisotopic (exact) mass is 425 g/mol. The minimum Gasteiger partial charge on any atom is -0.378 e. The van der Waals surface area contributed by atoms with E-state index in [0.29, 0.717) is 5.25 Å². The van der Waals surface area contributed by atoms with E-state index >= 15 is 0 Å². The van der Waals surface area contributed by atoms with Crippen molar-refractivity contribution in [2.75, 3.05) is 32.8 Å². The van der Waals surface area contributed by atoms with Crippen molar-refractivity contribution >= 4 is 28.0 Å². The van der Waals surface area contributed by atoms with Crippen LogP contribution in [0.1, 0.15) is 11.3 Å². The maximum atomic E-state index is 13.9. The van der Waals surface area contributed by atoms with E-state index in [1.807, 2.05) is 18.8 Å². The van der Waals surface area contributed by atoms with Crippen molar-refractivity contribution in [3.05, 3.63) is 53.3 Å². The third-order valence-corrected chi connectivity index (χ3v) is 7.76. The standard InChI is InChI=1S/C22H24FN5OS/c1-26-19-4-5-28(13-17(19)16-10-14(23)12-24-21(16)26)15-2-3-20-18(11-15)25-22(30-20)27-6-8-29-9-7-27/h2-3,10-12,18,20H,4-9,13H2,1H3. The summed E-state index contributed by atoms with van der Waals surface area (Å²) in [6.07, 6.45) is 9.07. The molecule has 2 unspecified atom stereocenters. The highest BCUT2D eigenvalue weighted by molar-refractivity contribution is 8.14. The first kappa shape index (κ1) is 18.4. The number of hydrogen-bond acceptors (Lipinski definition) is 6. The lowest BCUT2D eigenvalue weighted by Gasteiger charge is -2.32. The first-order chi connectivity index (χ1) is 14.7. The fraction of sp³-hybridized carbons (Fsp3) is 0.455. The Labute approximate surface area is 179 Å². The summed E-state index contributed by atoms with van der Waals surface area (Å²) in [6.45, 7) is 5.13. The number of aliphatic imine (C=N–C) groups is 1. The van der Waals surface area contributed by atoms with E-state index < -0.39 is 0 Å². The molecule has 0 spiro atoms. The zero-order valence-electron chi connectivity index (χ0n) is 16.9. The van der Waals surface area contributed by atoms with Crippen LogP contribution in [0.5, 0.6) is 0 Å². The highest BCUT2D eigenvalue weighted by Crippen LogP contribution is 2.37. The molecule has 0 N–H and O–H groups in total. The fourth-order valence-electron chi connectivity index (χ4n) is 4.89. The number of fused-ring (bicyclic) bond motifs is 4. The van der Waals surface area contributed by atoms with Crippen LogP contribution in [0.25, 0.3) is 11.0 Å². The average molecular weight is 426 g/mol. The van der Waals surface area contributed by atoms with Crippen LogP contribution in [0, 0.1) is 5.82 Å². The molecule has 0 radical (unpaired) electrons. The number of aryl methyl sites for hydroxylation is 1. The molecule has 0 aromatic carbocycles. The van der Waals surface area contributed by atoms with Crippen molar-refractivity contribution < 1.29 is 9.13 Å². The summed E-state index contributed by atoms with van der Waals surface area (Å²) in [7, 11) is 2.03. The summed E-state index contributed by atoms with van der Waals surface area (Å²) in [4.78, 5) is 14.1. The molecule has 30 heavy (non-hydrogen) atoms. The largest absolute Gasteiger partial charge is 0.378 e. The van der Waals surface area contributed by atoms with Gasteiger partial charge in [0, 0.05) is 62.0 Å². The number of halogens is 1. The number of pyridine rings is 1. The second kappa shape index (κ2) is 7.13. The molecule has 1 saturated heterocycles. The maximum Gasteiger partial charge on any atom is 0.160 e. The van der Waals surface area contributed by atoms with Gasteiger partial charge in [-0.25, -0.2) is 9.37 Å². The summed E-state index contributed by atoms with van der Waals surface area (Å²) in [6, 6.07) is 1.80. The van der Waals surface area contributed by atoms with E-state index in [9.17, 15) is 4.39 Å². The molecule has 0 amide bonds. The van der Waals surface area contributed by atoms with Crippen LogP contribution in [0.15, 0.2) is 41.2 Å². The molecule has 6 nitrogen and oxygen atoms in total. The van der Waals surface area contributed by atoms with E-state index in [-0.39, 0.29) is 11.9 Å². The Balaban J connectivity index is 1.27. The first-order valence-corrected chi connectivity index (χ1v) is 11.4. The van der Waals surface area contributed by atoms with Gasteiger partial charge in [0.05, 0.1) is 30.7 Å². The number of rotatable bonds is 1. The summed E-state index contributed by atoms with van der Waals surface area (Å²) in [5.41, 5.74) is 4.54. The number of allylic oxidation sites excluding steroid dienone is 1. The van der Waals surface area contributed by atoms with Crippen molar-refractivity contribution in [1.29, 1.82) is 0 Å². The molecule has 0 bridgehead atoms. The van der Waals surface area contributed by atoms with Crippen LogP contribution in [-0.2, 0) is 24.8 Å². The maximum absolute atomic E-state index is 13.9. The van der Waals surface area contributed by atoms with Gasteiger partial charge < -0.3 is 19.1 Å². The quantitative estimate of drug-likeness (QED) is 0.703. The number of amidine groups is 1. The molecule has 1 fully saturated rings. The smallest absolute Gasteiger partial charge is 0.160 e. The van der Waals surface area contributed by atoms with Gasteiger partial charge in [0.1, 0.15) is 11.5 Å². The minimum atomic E-state index is -0.277. The molecule has 2 aromatic heterocycles. The van der Waals surface area contributed by atoms with Crippen molar-refractivity contribution in [1.82, 2.24) is 19.4 Å². The van der Waals surface area contributed by atoms with Gasteiger partial charge in [0.2, 0.25) is 0 Å². The molecular formula is C22H24FN5OS. The van der Waals surface area contributed by atoms with E-state index in [1.165, 1.54) is 23.2 Å². The third-order valence-electron chi connectivity index (χ3n) is 6.48. The molecule has 2 aromatic rings. The van der Waals surface area contributed by atoms with Crippen LogP contribution in [-0.4, -0.2) is 68.7 Å². The lowest BCUT2D eigenvalue weighted by molar-refractivity contribution is 0.0693. The molecule has 5 heterocycles. The van der Waals surface area contributed by atoms with Gasteiger partial charge in [-0.05, 0) is 18.2 Å². The van der Waals surface area contributed by atoms with Gasteiger partial charge in [-0.1, -0.05) is 17.8 Å². The van der Waals surface area contributed by atoms with Crippen molar-refractivity contribution in [2.45, 2.75) is 24.3 Å². The molecule has 6 rings (SSSR count). The van der Waals surface area contributed by atoms with Gasteiger partial charge in [-0.2, -0.15) is 0 Å². The highest BCUT2D eigenvalue weighted by atomic mass is 32.2. The predicted molar refractivity (Wildman–Crippen MR) is 117 cm³/mol. The van der Waals surface area contributed by atoms with Crippen molar-refractivity contribution in [3.8, 4) is 0 Å². The number of aromatic nitrogens is 2. The van der Waals surface area contributed by atoms with Crippen LogP contribution in [0.3, 0.4) is 0 Å². The molecule has 8 heteroatoms. The molecular weight excluding hydrogens is 401 g/mol. The van der Waals surface area contributed by atoms with E-state index in [4.69, 9.17) is 9.73 Å². The Bertz CT molecular complexity index is 1100. The Kier molecular flexibility index (Phi) is 4.38. The Morgan fingerprint density at radius 2 is 2.07 bits per heavy atom. The van der Waals surface area contributed by atoms with Crippen molar-refractivity contribution in [3.63, 3.8) is 0 Å². The number of ether oxygens (including phenoxy) is 1. The normalized spacial score (nSPS) is 25.9. The molecule has 2 atom stereocenters. The third kappa shape index (κ3) is 2.96. The number of nitrogens with zero attached hydrogens (tertiary/aromatic N) is 5. The van der Waals surface area contributed by atoms with Crippen LogP contribution >= 0.6 is 11.8 Å². The van der Waals surface area contributed by atoms with Gasteiger partial charge in [0.15, 0.2) is 5.17 Å². The zero-order chi connectivity index (χ0) is 20.2. The van der Waals surface area contributed by atoms with E-state index in [0.717, 1.165) is 62.0 Å². The summed E-state index contributed by atoms with van der Waals surface area (Å²) in [5, 5.41) is 2.45. The lowest BCUT2D eigenvalue weighted by atomic mass is 10.0. The minimum absolute atomic E-state index is 0.181. The van der Waals surface area contributed by atoms with Gasteiger partial charge in [0.25, 0.3) is 0 Å².